The monoisotopic (exact) mass is 411 g/mol. The molecule has 28 heavy (non-hydrogen) atoms. The number of sulfonamides is 1. The molecule has 1 atom stereocenters. The summed E-state index contributed by atoms with van der Waals surface area (Å²) >= 11 is 0. The van der Waals surface area contributed by atoms with Crippen LogP contribution in [0.25, 0.3) is 5.69 Å². The third kappa shape index (κ3) is 4.70. The van der Waals surface area contributed by atoms with Crippen molar-refractivity contribution >= 4 is 10.0 Å². The van der Waals surface area contributed by atoms with Crippen molar-refractivity contribution in [3.63, 3.8) is 0 Å². The van der Waals surface area contributed by atoms with Crippen LogP contribution < -0.4 is 9.46 Å². The van der Waals surface area contributed by atoms with E-state index in [9.17, 15) is 21.6 Å². The lowest BCUT2D eigenvalue weighted by molar-refractivity contribution is -0.275. The normalized spacial score (nSPS) is 13.3. The van der Waals surface area contributed by atoms with Gasteiger partial charge in [-0.1, -0.05) is 24.3 Å². The Balaban J connectivity index is 1.81. The smallest absolute Gasteiger partial charge is 0.404 e. The molecule has 148 valence electrons. The number of para-hydroxylation sites is 1. The molecule has 1 N–H and O–H groups in total. The zero-order valence-electron chi connectivity index (χ0n) is 14.6. The number of nitrogens with one attached hydrogen (secondary N) is 1. The Bertz CT molecular complexity index is 1030. The van der Waals surface area contributed by atoms with Gasteiger partial charge in [-0.3, -0.25) is 0 Å². The summed E-state index contributed by atoms with van der Waals surface area (Å²) in [5.41, 5.74) is 1.47. The molecule has 2 aromatic carbocycles. The lowest BCUT2D eigenvalue weighted by atomic mass is 10.1. The largest absolute Gasteiger partial charge is 0.573 e. The van der Waals surface area contributed by atoms with Gasteiger partial charge in [0.1, 0.15) is 10.6 Å². The number of ether oxygens (including phenoxy) is 1. The van der Waals surface area contributed by atoms with E-state index in [1.165, 1.54) is 12.1 Å². The van der Waals surface area contributed by atoms with Crippen LogP contribution in [0.1, 0.15) is 18.5 Å². The van der Waals surface area contributed by atoms with E-state index < -0.39 is 33.1 Å². The van der Waals surface area contributed by atoms with Crippen LogP contribution in [0.2, 0.25) is 0 Å². The van der Waals surface area contributed by atoms with E-state index in [0.717, 1.165) is 17.8 Å². The van der Waals surface area contributed by atoms with Gasteiger partial charge in [0, 0.05) is 24.1 Å². The first-order valence-corrected chi connectivity index (χ1v) is 9.59. The summed E-state index contributed by atoms with van der Waals surface area (Å²) in [6, 6.07) is 10.9. The molecular weight excluding hydrogens is 395 g/mol. The molecule has 0 saturated heterocycles. The molecule has 0 radical (unpaired) electrons. The summed E-state index contributed by atoms with van der Waals surface area (Å²) < 4.78 is 70.8. The first-order valence-electron chi connectivity index (χ1n) is 8.11. The minimum atomic E-state index is -5.00. The van der Waals surface area contributed by atoms with Gasteiger partial charge in [0.15, 0.2) is 0 Å². The first kappa shape index (κ1) is 19.9. The molecule has 0 bridgehead atoms. The number of nitrogens with zero attached hydrogens (tertiary/aromatic N) is 2. The topological polar surface area (TPSA) is 73.2 Å². The third-order valence-corrected chi connectivity index (χ3v) is 5.47. The van der Waals surface area contributed by atoms with Crippen LogP contribution in [-0.4, -0.2) is 24.3 Å². The van der Waals surface area contributed by atoms with E-state index >= 15 is 0 Å². The van der Waals surface area contributed by atoms with Crippen molar-refractivity contribution in [3.8, 4) is 11.4 Å². The quantitative estimate of drug-likeness (QED) is 0.670. The van der Waals surface area contributed by atoms with Crippen molar-refractivity contribution in [2.45, 2.75) is 24.2 Å². The highest BCUT2D eigenvalue weighted by Gasteiger charge is 2.34. The van der Waals surface area contributed by atoms with Crippen molar-refractivity contribution in [3.05, 3.63) is 72.8 Å². The molecule has 1 aromatic heterocycles. The highest BCUT2D eigenvalue weighted by molar-refractivity contribution is 7.89. The number of rotatable bonds is 6. The average Bonchev–Trinajstić information content (AvgIpc) is 3.15. The molecule has 1 heterocycles. The van der Waals surface area contributed by atoms with Crippen LogP contribution in [-0.2, 0) is 10.0 Å². The van der Waals surface area contributed by atoms with Gasteiger partial charge in [0.25, 0.3) is 0 Å². The SMILES string of the molecule is CC(NS(=O)(=O)c1ccccc1OC(F)(F)F)c1ccc(-n2ccnc2)cc1. The summed E-state index contributed by atoms with van der Waals surface area (Å²) in [5, 5.41) is 0. The van der Waals surface area contributed by atoms with Crippen LogP contribution >= 0.6 is 0 Å². The molecule has 0 aliphatic rings. The van der Waals surface area contributed by atoms with Crippen molar-refractivity contribution in [2.24, 2.45) is 0 Å². The number of imidazole rings is 1. The van der Waals surface area contributed by atoms with Crippen LogP contribution in [0.4, 0.5) is 13.2 Å². The second-order valence-corrected chi connectivity index (χ2v) is 7.58. The first-order chi connectivity index (χ1) is 13.2. The Morgan fingerprint density at radius 3 is 2.39 bits per heavy atom. The maximum atomic E-state index is 12.6. The molecule has 0 amide bonds. The van der Waals surface area contributed by atoms with Crippen molar-refractivity contribution in [1.29, 1.82) is 0 Å². The number of hydrogen-bond donors (Lipinski definition) is 1. The van der Waals surface area contributed by atoms with E-state index in [1.807, 2.05) is 0 Å². The molecule has 6 nitrogen and oxygen atoms in total. The summed E-state index contributed by atoms with van der Waals surface area (Å²) in [6.45, 7) is 1.59. The van der Waals surface area contributed by atoms with Crippen LogP contribution in [0, 0.1) is 0 Å². The molecule has 10 heteroatoms. The van der Waals surface area contributed by atoms with Crippen LogP contribution in [0.3, 0.4) is 0 Å². The fraction of sp³-hybridized carbons (Fsp3) is 0.167. The predicted octanol–water partition coefficient (Wildman–Crippen LogP) is 3.81. The van der Waals surface area contributed by atoms with Crippen LogP contribution in [0.5, 0.6) is 5.75 Å². The number of aromatic nitrogens is 2. The highest BCUT2D eigenvalue weighted by atomic mass is 32.2. The Morgan fingerprint density at radius 2 is 1.79 bits per heavy atom. The number of benzene rings is 2. The van der Waals surface area contributed by atoms with E-state index in [2.05, 4.69) is 14.4 Å². The van der Waals surface area contributed by atoms with Gasteiger partial charge in [-0.2, -0.15) is 0 Å². The van der Waals surface area contributed by atoms with Gasteiger partial charge in [-0.25, -0.2) is 18.1 Å². The maximum absolute atomic E-state index is 12.6. The maximum Gasteiger partial charge on any atom is 0.573 e. The lowest BCUT2D eigenvalue weighted by Crippen LogP contribution is -2.28. The molecule has 0 aliphatic carbocycles. The Kier molecular flexibility index (Phi) is 5.43. The fourth-order valence-corrected chi connectivity index (χ4v) is 3.95. The molecule has 0 spiro atoms. The number of alkyl halides is 3. The molecular formula is C18H16F3N3O3S. The molecule has 0 fully saturated rings. The van der Waals surface area contributed by atoms with Gasteiger partial charge in [-0.15, -0.1) is 13.2 Å². The highest BCUT2D eigenvalue weighted by Crippen LogP contribution is 2.30. The van der Waals surface area contributed by atoms with Gasteiger partial charge in [0.05, 0.1) is 6.33 Å². The van der Waals surface area contributed by atoms with Crippen molar-refractivity contribution in [1.82, 2.24) is 14.3 Å². The van der Waals surface area contributed by atoms with E-state index in [0.29, 0.717) is 5.56 Å². The summed E-state index contributed by atoms with van der Waals surface area (Å²) in [6.07, 6.45) is 0.0168. The summed E-state index contributed by atoms with van der Waals surface area (Å²) in [7, 11) is -4.25. The van der Waals surface area contributed by atoms with Crippen LogP contribution in [0.15, 0.2) is 72.1 Å². The van der Waals surface area contributed by atoms with E-state index in [-0.39, 0.29) is 0 Å². The zero-order chi connectivity index (χ0) is 20.4. The van der Waals surface area contributed by atoms with Gasteiger partial charge in [0.2, 0.25) is 10.0 Å². The van der Waals surface area contributed by atoms with Gasteiger partial charge in [-0.05, 0) is 36.8 Å². The second kappa shape index (κ2) is 7.64. The van der Waals surface area contributed by atoms with Gasteiger partial charge < -0.3 is 9.30 Å². The predicted molar refractivity (Wildman–Crippen MR) is 95.4 cm³/mol. The van der Waals surface area contributed by atoms with E-state index in [4.69, 9.17) is 0 Å². The third-order valence-electron chi connectivity index (χ3n) is 3.89. The lowest BCUT2D eigenvalue weighted by Gasteiger charge is -2.18. The molecule has 3 aromatic rings. The molecule has 0 saturated carbocycles. The molecule has 3 rings (SSSR count). The fourth-order valence-electron chi connectivity index (χ4n) is 2.59. The zero-order valence-corrected chi connectivity index (χ0v) is 15.4. The van der Waals surface area contributed by atoms with Crippen molar-refractivity contribution < 1.29 is 26.3 Å². The minimum Gasteiger partial charge on any atom is -0.404 e. The molecule has 1 unspecified atom stereocenters. The second-order valence-electron chi connectivity index (χ2n) is 5.90. The Labute approximate surface area is 159 Å². The van der Waals surface area contributed by atoms with E-state index in [1.54, 1.807) is 54.5 Å². The number of hydrogen-bond acceptors (Lipinski definition) is 4. The summed E-state index contributed by atoms with van der Waals surface area (Å²) in [4.78, 5) is 3.36. The standard InChI is InChI=1S/C18H16F3N3O3S/c1-13(14-6-8-15(9-7-14)24-11-10-22-12-24)23-28(25,26)17-5-3-2-4-16(17)27-18(19,20)21/h2-13,23H,1H3. The van der Waals surface area contributed by atoms with Gasteiger partial charge >= 0.3 is 6.36 Å². The number of halogens is 3. The Morgan fingerprint density at radius 1 is 1.11 bits per heavy atom. The Hall–Kier alpha value is -2.85. The molecule has 0 aliphatic heterocycles. The van der Waals surface area contributed by atoms with Crippen molar-refractivity contribution in [2.75, 3.05) is 0 Å². The minimum absolute atomic E-state index is 0.589. The summed E-state index contributed by atoms with van der Waals surface area (Å²) in [5.74, 6) is -0.787. The average molecular weight is 411 g/mol.